The van der Waals surface area contributed by atoms with Crippen LogP contribution in [0.2, 0.25) is 0 Å². The largest absolute Gasteiger partial charge is 0.462 e. The fraction of sp³-hybridized carbons (Fsp3) is 0.840. The Morgan fingerprint density at radius 3 is 2.17 bits per heavy atom. The minimum atomic E-state index is -0.170. The fourth-order valence-corrected chi connectivity index (χ4v) is 8.13. The van der Waals surface area contributed by atoms with Crippen LogP contribution in [0.1, 0.15) is 86.5 Å². The van der Waals surface area contributed by atoms with Crippen LogP contribution in [-0.4, -0.2) is 24.1 Å². The summed E-state index contributed by atoms with van der Waals surface area (Å²) in [6.07, 6.45) is 10.3. The third-order valence-corrected chi connectivity index (χ3v) is 9.42. The molecule has 4 nitrogen and oxygen atoms in total. The van der Waals surface area contributed by atoms with Gasteiger partial charge in [-0.2, -0.15) is 0 Å². The molecule has 0 saturated heterocycles. The predicted molar refractivity (Wildman–Crippen MR) is 112 cm³/mol. The molecule has 0 N–H and O–H groups in total. The zero-order chi connectivity index (χ0) is 21.2. The van der Waals surface area contributed by atoms with E-state index in [1.54, 1.807) is 6.92 Å². The minimum Gasteiger partial charge on any atom is -0.462 e. The zero-order valence-corrected chi connectivity index (χ0v) is 19.0. The lowest BCUT2D eigenvalue weighted by molar-refractivity contribution is -0.160. The first-order valence-electron chi connectivity index (χ1n) is 11.6. The van der Waals surface area contributed by atoms with Crippen molar-refractivity contribution in [2.45, 2.75) is 98.7 Å². The molecule has 0 radical (unpaired) electrons. The summed E-state index contributed by atoms with van der Waals surface area (Å²) < 4.78 is 11.5. The first-order valence-corrected chi connectivity index (χ1v) is 11.6. The van der Waals surface area contributed by atoms with Crippen LogP contribution in [0.15, 0.2) is 11.6 Å². The molecule has 4 rings (SSSR count). The summed E-state index contributed by atoms with van der Waals surface area (Å²) >= 11 is 0. The molecule has 4 aliphatic rings. The molecule has 4 aliphatic carbocycles. The van der Waals surface area contributed by atoms with Crippen LogP contribution in [-0.2, 0) is 19.1 Å². The van der Waals surface area contributed by atoms with Crippen molar-refractivity contribution in [1.29, 1.82) is 0 Å². The topological polar surface area (TPSA) is 52.6 Å². The number of allylic oxidation sites excluding steroid dienone is 1. The molecule has 4 heteroatoms. The first kappa shape index (κ1) is 20.9. The SMILES string of the molecule is CC(=O)OC1CC[C@@]2(C)C(=CC[C@@H]3[C@@H]2CC[C@]2(C)C(OC(C)=O)CC[C@@H]32)C1(C)C. The molecule has 0 aromatic carbocycles. The normalized spacial score (nSPS) is 45.3. The number of hydrogen-bond acceptors (Lipinski definition) is 4. The minimum absolute atomic E-state index is 0.0236. The fourth-order valence-electron chi connectivity index (χ4n) is 8.13. The van der Waals surface area contributed by atoms with Crippen molar-refractivity contribution in [1.82, 2.24) is 0 Å². The standard InChI is InChI=1S/C25H38O4/c1-15(26)28-21-12-14-24(5)19-11-13-25(6)18(8-10-22(25)29-16(2)27)17(19)7-9-20(24)23(21,3)4/h9,17-19,21-22H,7-8,10-14H2,1-6H3/t17-,18-,19-,21?,22?,24+,25-/m0/s1. The molecule has 162 valence electrons. The van der Waals surface area contributed by atoms with E-state index in [0.29, 0.717) is 17.8 Å². The van der Waals surface area contributed by atoms with Crippen molar-refractivity contribution in [3.8, 4) is 0 Å². The molecular weight excluding hydrogens is 364 g/mol. The lowest BCUT2D eigenvalue weighted by Gasteiger charge is -2.61. The number of carbonyl (C=O) groups excluding carboxylic acids is 2. The van der Waals surface area contributed by atoms with Gasteiger partial charge in [0.05, 0.1) is 0 Å². The lowest BCUT2D eigenvalue weighted by Crippen LogP contribution is -2.55. The van der Waals surface area contributed by atoms with Crippen LogP contribution in [0.4, 0.5) is 0 Å². The summed E-state index contributed by atoms with van der Waals surface area (Å²) in [4.78, 5) is 23.3. The van der Waals surface area contributed by atoms with Crippen molar-refractivity contribution in [2.75, 3.05) is 0 Å². The Morgan fingerprint density at radius 1 is 0.862 bits per heavy atom. The van der Waals surface area contributed by atoms with Gasteiger partial charge < -0.3 is 9.47 Å². The van der Waals surface area contributed by atoms with Crippen LogP contribution >= 0.6 is 0 Å². The Bertz CT molecular complexity index is 737. The Labute approximate surface area is 175 Å². The lowest BCUT2D eigenvalue weighted by atomic mass is 9.45. The van der Waals surface area contributed by atoms with Gasteiger partial charge in [-0.15, -0.1) is 0 Å². The van der Waals surface area contributed by atoms with Crippen molar-refractivity contribution >= 4 is 11.9 Å². The van der Waals surface area contributed by atoms with Crippen LogP contribution in [0.25, 0.3) is 0 Å². The quantitative estimate of drug-likeness (QED) is 0.455. The summed E-state index contributed by atoms with van der Waals surface area (Å²) in [5, 5.41) is 0. The second kappa shape index (κ2) is 6.85. The summed E-state index contributed by atoms with van der Waals surface area (Å²) in [6, 6.07) is 0. The molecule has 29 heavy (non-hydrogen) atoms. The van der Waals surface area contributed by atoms with Gasteiger partial charge in [-0.1, -0.05) is 39.3 Å². The highest BCUT2D eigenvalue weighted by molar-refractivity contribution is 5.66. The molecule has 3 fully saturated rings. The Balaban J connectivity index is 1.63. The van der Waals surface area contributed by atoms with Gasteiger partial charge in [-0.25, -0.2) is 0 Å². The maximum Gasteiger partial charge on any atom is 0.302 e. The van der Waals surface area contributed by atoms with Crippen LogP contribution in [0, 0.1) is 34.0 Å². The maximum absolute atomic E-state index is 11.7. The molecule has 0 aliphatic heterocycles. The van der Waals surface area contributed by atoms with Gasteiger partial charge >= 0.3 is 11.9 Å². The number of hydrogen-bond donors (Lipinski definition) is 0. The van der Waals surface area contributed by atoms with Gasteiger partial charge in [0.25, 0.3) is 0 Å². The molecule has 0 amide bonds. The van der Waals surface area contributed by atoms with E-state index < -0.39 is 0 Å². The summed E-state index contributed by atoms with van der Waals surface area (Å²) in [6.45, 7) is 12.5. The molecular formula is C25H38O4. The van der Waals surface area contributed by atoms with E-state index in [1.807, 2.05) is 0 Å². The highest BCUT2D eigenvalue weighted by Gasteiger charge is 2.61. The first-order chi connectivity index (χ1) is 13.5. The van der Waals surface area contributed by atoms with Crippen molar-refractivity contribution in [3.05, 3.63) is 11.6 Å². The smallest absolute Gasteiger partial charge is 0.302 e. The predicted octanol–water partition coefficient (Wildman–Crippen LogP) is 5.45. The van der Waals surface area contributed by atoms with Gasteiger partial charge in [0.1, 0.15) is 12.2 Å². The highest BCUT2D eigenvalue weighted by Crippen LogP contribution is 2.67. The van der Waals surface area contributed by atoms with Crippen molar-refractivity contribution in [3.63, 3.8) is 0 Å². The van der Waals surface area contributed by atoms with Crippen LogP contribution < -0.4 is 0 Å². The summed E-state index contributed by atoms with van der Waals surface area (Å²) in [5.74, 6) is 1.67. The molecule has 2 unspecified atom stereocenters. The maximum atomic E-state index is 11.7. The number of esters is 2. The molecule has 0 aromatic heterocycles. The second-order valence-electron chi connectivity index (χ2n) is 11.2. The van der Waals surface area contributed by atoms with Crippen LogP contribution in [0.5, 0.6) is 0 Å². The van der Waals surface area contributed by atoms with Crippen molar-refractivity contribution < 1.29 is 19.1 Å². The molecule has 0 aromatic rings. The van der Waals surface area contributed by atoms with Gasteiger partial charge in [-0.3, -0.25) is 9.59 Å². The summed E-state index contributed by atoms with van der Waals surface area (Å²) in [7, 11) is 0. The molecule has 3 saturated carbocycles. The van der Waals surface area contributed by atoms with Crippen LogP contribution in [0.3, 0.4) is 0 Å². The number of carbonyl (C=O) groups is 2. The zero-order valence-electron chi connectivity index (χ0n) is 19.0. The van der Waals surface area contributed by atoms with E-state index in [1.165, 1.54) is 25.3 Å². The number of rotatable bonds is 2. The van der Waals surface area contributed by atoms with E-state index in [9.17, 15) is 9.59 Å². The van der Waals surface area contributed by atoms with E-state index in [0.717, 1.165) is 32.1 Å². The van der Waals surface area contributed by atoms with Gasteiger partial charge in [0.15, 0.2) is 0 Å². The molecule has 7 atom stereocenters. The van der Waals surface area contributed by atoms with E-state index >= 15 is 0 Å². The Kier molecular flexibility index (Phi) is 4.94. The average Bonchev–Trinajstić information content (AvgIpc) is 2.93. The van der Waals surface area contributed by atoms with E-state index in [2.05, 4.69) is 33.8 Å². The highest BCUT2D eigenvalue weighted by atomic mass is 16.5. The van der Waals surface area contributed by atoms with E-state index in [-0.39, 0.29) is 40.4 Å². The van der Waals surface area contributed by atoms with Gasteiger partial charge in [0.2, 0.25) is 0 Å². The second-order valence-corrected chi connectivity index (χ2v) is 11.2. The third-order valence-electron chi connectivity index (χ3n) is 9.42. The van der Waals surface area contributed by atoms with Crippen molar-refractivity contribution in [2.24, 2.45) is 34.0 Å². The number of fused-ring (bicyclic) bond motifs is 5. The monoisotopic (exact) mass is 402 g/mol. The van der Waals surface area contributed by atoms with Gasteiger partial charge in [0, 0.05) is 24.7 Å². The molecule has 0 heterocycles. The third kappa shape index (κ3) is 3.08. The Morgan fingerprint density at radius 2 is 1.52 bits per heavy atom. The van der Waals surface area contributed by atoms with E-state index in [4.69, 9.17) is 9.47 Å². The molecule has 0 bridgehead atoms. The van der Waals surface area contributed by atoms with Gasteiger partial charge in [-0.05, 0) is 68.1 Å². The number of ether oxygens (including phenoxy) is 2. The summed E-state index contributed by atoms with van der Waals surface area (Å²) in [5.41, 5.74) is 1.71. The Hall–Kier alpha value is -1.32. The average molecular weight is 403 g/mol. The molecule has 0 spiro atoms.